The van der Waals surface area contributed by atoms with Crippen molar-refractivity contribution in [3.8, 4) is 0 Å². The number of hydrogen-bond donors (Lipinski definition) is 1. The molecule has 1 aliphatic rings. The van der Waals surface area contributed by atoms with Crippen LogP contribution in [0.4, 0.5) is 4.39 Å². The van der Waals surface area contributed by atoms with E-state index in [1.54, 1.807) is 6.07 Å². The maximum atomic E-state index is 13.4. The first-order valence-electron chi connectivity index (χ1n) is 6.37. The van der Waals surface area contributed by atoms with Crippen molar-refractivity contribution in [2.24, 2.45) is 5.92 Å². The van der Waals surface area contributed by atoms with E-state index in [4.69, 9.17) is 0 Å². The van der Waals surface area contributed by atoms with Gasteiger partial charge in [-0.2, -0.15) is 0 Å². The SMILES string of the molecule is CCNC1CCC(Cc2cccc(F)c2Br)C1. The third-order valence-corrected chi connectivity index (χ3v) is 4.46. The number of rotatable bonds is 4. The van der Waals surface area contributed by atoms with Gasteiger partial charge in [-0.3, -0.25) is 0 Å². The van der Waals surface area contributed by atoms with E-state index < -0.39 is 0 Å². The maximum Gasteiger partial charge on any atom is 0.137 e. The minimum Gasteiger partial charge on any atom is -0.314 e. The lowest BCUT2D eigenvalue weighted by Crippen LogP contribution is -2.25. The van der Waals surface area contributed by atoms with Crippen molar-refractivity contribution < 1.29 is 4.39 Å². The Labute approximate surface area is 111 Å². The average Bonchev–Trinajstić information content (AvgIpc) is 2.73. The lowest BCUT2D eigenvalue weighted by atomic mass is 9.98. The van der Waals surface area contributed by atoms with Crippen LogP contribution in [0.2, 0.25) is 0 Å². The Morgan fingerprint density at radius 3 is 3.00 bits per heavy atom. The molecule has 2 atom stereocenters. The van der Waals surface area contributed by atoms with Gasteiger partial charge in [0, 0.05) is 6.04 Å². The fraction of sp³-hybridized carbons (Fsp3) is 0.571. The van der Waals surface area contributed by atoms with Crippen LogP contribution in [0.5, 0.6) is 0 Å². The van der Waals surface area contributed by atoms with E-state index in [9.17, 15) is 4.39 Å². The maximum absolute atomic E-state index is 13.4. The average molecular weight is 300 g/mol. The van der Waals surface area contributed by atoms with Gasteiger partial charge in [0.1, 0.15) is 5.82 Å². The fourth-order valence-electron chi connectivity index (χ4n) is 2.75. The van der Waals surface area contributed by atoms with Crippen LogP contribution in [0.3, 0.4) is 0 Å². The van der Waals surface area contributed by atoms with Crippen molar-refractivity contribution >= 4 is 15.9 Å². The molecule has 0 amide bonds. The van der Waals surface area contributed by atoms with Gasteiger partial charge in [0.2, 0.25) is 0 Å². The van der Waals surface area contributed by atoms with E-state index >= 15 is 0 Å². The van der Waals surface area contributed by atoms with Crippen molar-refractivity contribution in [1.82, 2.24) is 5.32 Å². The summed E-state index contributed by atoms with van der Waals surface area (Å²) in [6.45, 7) is 3.19. The standard InChI is InChI=1S/C14H19BrFN/c1-2-17-12-7-6-10(9-12)8-11-4-3-5-13(16)14(11)15/h3-5,10,12,17H,2,6-9H2,1H3. The molecule has 0 aromatic heterocycles. The summed E-state index contributed by atoms with van der Waals surface area (Å²) in [4.78, 5) is 0. The molecule has 1 aromatic carbocycles. The van der Waals surface area contributed by atoms with E-state index in [0.717, 1.165) is 18.5 Å². The molecule has 1 aliphatic carbocycles. The van der Waals surface area contributed by atoms with E-state index in [0.29, 0.717) is 16.4 Å². The highest BCUT2D eigenvalue weighted by atomic mass is 79.9. The van der Waals surface area contributed by atoms with Crippen LogP contribution in [-0.2, 0) is 6.42 Å². The summed E-state index contributed by atoms with van der Waals surface area (Å²) in [5.74, 6) is 0.542. The molecule has 0 spiro atoms. The summed E-state index contributed by atoms with van der Waals surface area (Å²) in [5, 5.41) is 3.50. The van der Waals surface area contributed by atoms with Gasteiger partial charge in [0.25, 0.3) is 0 Å². The van der Waals surface area contributed by atoms with Crippen molar-refractivity contribution in [2.75, 3.05) is 6.54 Å². The van der Waals surface area contributed by atoms with Crippen molar-refractivity contribution in [3.63, 3.8) is 0 Å². The Bertz CT molecular complexity index is 380. The molecule has 3 heteroatoms. The fourth-order valence-corrected chi connectivity index (χ4v) is 3.18. The first-order chi connectivity index (χ1) is 8.20. The van der Waals surface area contributed by atoms with Crippen LogP contribution in [0, 0.1) is 11.7 Å². The molecule has 1 N–H and O–H groups in total. The minimum atomic E-state index is -0.149. The molecule has 0 radical (unpaired) electrons. The summed E-state index contributed by atoms with van der Waals surface area (Å²) in [5.41, 5.74) is 1.10. The third kappa shape index (κ3) is 3.29. The zero-order chi connectivity index (χ0) is 12.3. The van der Waals surface area contributed by atoms with E-state index in [1.807, 2.05) is 6.07 Å². The molecule has 1 nitrogen and oxygen atoms in total. The topological polar surface area (TPSA) is 12.0 Å². The predicted molar refractivity (Wildman–Crippen MR) is 72.6 cm³/mol. The monoisotopic (exact) mass is 299 g/mol. The van der Waals surface area contributed by atoms with Crippen LogP contribution in [-0.4, -0.2) is 12.6 Å². The van der Waals surface area contributed by atoms with Gasteiger partial charge < -0.3 is 5.32 Å². The number of halogens is 2. The highest BCUT2D eigenvalue weighted by molar-refractivity contribution is 9.10. The molecule has 94 valence electrons. The van der Waals surface area contributed by atoms with Gasteiger partial charge in [0.05, 0.1) is 4.47 Å². The van der Waals surface area contributed by atoms with Gasteiger partial charge in [-0.15, -0.1) is 0 Å². The zero-order valence-electron chi connectivity index (χ0n) is 10.2. The highest BCUT2D eigenvalue weighted by Gasteiger charge is 2.24. The molecule has 1 saturated carbocycles. The molecule has 1 aromatic rings. The van der Waals surface area contributed by atoms with E-state index in [-0.39, 0.29) is 5.82 Å². The van der Waals surface area contributed by atoms with Crippen LogP contribution >= 0.6 is 15.9 Å². The Kier molecular flexibility index (Phi) is 4.57. The first kappa shape index (κ1) is 13.0. The molecule has 2 rings (SSSR count). The van der Waals surface area contributed by atoms with E-state index in [1.165, 1.54) is 25.3 Å². The Morgan fingerprint density at radius 2 is 2.24 bits per heavy atom. The Morgan fingerprint density at radius 1 is 1.41 bits per heavy atom. The van der Waals surface area contributed by atoms with Crippen molar-refractivity contribution in [1.29, 1.82) is 0 Å². The van der Waals surface area contributed by atoms with Gasteiger partial charge in [-0.25, -0.2) is 4.39 Å². The summed E-state index contributed by atoms with van der Waals surface area (Å²) in [7, 11) is 0. The molecule has 0 bridgehead atoms. The van der Waals surface area contributed by atoms with Crippen molar-refractivity contribution in [2.45, 2.75) is 38.6 Å². The van der Waals surface area contributed by atoms with Crippen LogP contribution in [0.1, 0.15) is 31.7 Å². The molecule has 0 heterocycles. The lowest BCUT2D eigenvalue weighted by Gasteiger charge is -2.13. The second-order valence-corrected chi connectivity index (χ2v) is 5.64. The number of benzene rings is 1. The quantitative estimate of drug-likeness (QED) is 0.889. The normalized spacial score (nSPS) is 24.2. The smallest absolute Gasteiger partial charge is 0.137 e. The van der Waals surface area contributed by atoms with Gasteiger partial charge in [-0.05, 0) is 65.7 Å². The summed E-state index contributed by atoms with van der Waals surface area (Å²) in [6.07, 6.45) is 4.71. The van der Waals surface area contributed by atoms with Crippen LogP contribution in [0.15, 0.2) is 22.7 Å². The summed E-state index contributed by atoms with van der Waals surface area (Å²) >= 11 is 3.34. The van der Waals surface area contributed by atoms with Crippen molar-refractivity contribution in [3.05, 3.63) is 34.1 Å². The number of hydrogen-bond acceptors (Lipinski definition) is 1. The zero-order valence-corrected chi connectivity index (χ0v) is 11.8. The summed E-state index contributed by atoms with van der Waals surface area (Å²) in [6, 6.07) is 5.99. The molecule has 0 saturated heterocycles. The predicted octanol–water partition coefficient (Wildman–Crippen LogP) is 3.91. The Balaban J connectivity index is 1.96. The van der Waals surface area contributed by atoms with Gasteiger partial charge >= 0.3 is 0 Å². The summed E-state index contributed by atoms with van der Waals surface area (Å²) < 4.78 is 14.0. The van der Waals surface area contributed by atoms with Crippen LogP contribution in [0.25, 0.3) is 0 Å². The largest absolute Gasteiger partial charge is 0.314 e. The van der Waals surface area contributed by atoms with Crippen LogP contribution < -0.4 is 5.32 Å². The number of nitrogens with one attached hydrogen (secondary N) is 1. The second-order valence-electron chi connectivity index (χ2n) is 4.85. The minimum absolute atomic E-state index is 0.149. The second kappa shape index (κ2) is 5.96. The molecule has 1 fully saturated rings. The molecular weight excluding hydrogens is 281 g/mol. The van der Waals surface area contributed by atoms with Gasteiger partial charge in [0.15, 0.2) is 0 Å². The third-order valence-electron chi connectivity index (χ3n) is 3.57. The Hall–Kier alpha value is -0.410. The molecule has 0 aliphatic heterocycles. The highest BCUT2D eigenvalue weighted by Crippen LogP contribution is 2.31. The lowest BCUT2D eigenvalue weighted by molar-refractivity contribution is 0.492. The molecular formula is C14H19BrFN. The van der Waals surface area contributed by atoms with E-state index in [2.05, 4.69) is 28.2 Å². The first-order valence-corrected chi connectivity index (χ1v) is 7.16. The molecule has 17 heavy (non-hydrogen) atoms. The molecule has 2 unspecified atom stereocenters. The van der Waals surface area contributed by atoms with Gasteiger partial charge in [-0.1, -0.05) is 19.1 Å².